The molecule has 2 rings (SSSR count). The van der Waals surface area contributed by atoms with Crippen LogP contribution in [0.15, 0.2) is 18.2 Å². The van der Waals surface area contributed by atoms with Crippen molar-refractivity contribution >= 4 is 5.91 Å². The van der Waals surface area contributed by atoms with Crippen LogP contribution in [0, 0.1) is 12.8 Å². The van der Waals surface area contributed by atoms with Crippen molar-refractivity contribution in [3.63, 3.8) is 0 Å². The van der Waals surface area contributed by atoms with Crippen LogP contribution in [0.5, 0.6) is 0 Å². The smallest absolute Gasteiger partial charge is 0.222 e. The molecule has 0 aromatic carbocycles. The molecule has 0 unspecified atom stereocenters. The van der Waals surface area contributed by atoms with Gasteiger partial charge in [0, 0.05) is 18.7 Å². The Morgan fingerprint density at radius 3 is 2.95 bits per heavy atom. The van der Waals surface area contributed by atoms with Crippen molar-refractivity contribution < 1.29 is 9.53 Å². The summed E-state index contributed by atoms with van der Waals surface area (Å²) in [4.78, 5) is 16.4. The number of nitrogens with zero attached hydrogens (tertiary/aromatic N) is 1. The van der Waals surface area contributed by atoms with Gasteiger partial charge in [-0.2, -0.15) is 0 Å². The van der Waals surface area contributed by atoms with Crippen molar-refractivity contribution in [2.75, 3.05) is 13.2 Å². The van der Waals surface area contributed by atoms with E-state index in [0.717, 1.165) is 11.4 Å². The lowest BCUT2D eigenvalue weighted by Crippen LogP contribution is -2.31. The number of aromatic nitrogens is 1. The fourth-order valence-electron chi connectivity index (χ4n) is 2.15. The maximum absolute atomic E-state index is 11.9. The summed E-state index contributed by atoms with van der Waals surface area (Å²) in [6, 6.07) is 6.04. The highest BCUT2D eigenvalue weighted by Crippen LogP contribution is 2.40. The summed E-state index contributed by atoms with van der Waals surface area (Å²) in [5.41, 5.74) is 1.97. The van der Waals surface area contributed by atoms with Gasteiger partial charge in [0.05, 0.1) is 18.3 Å². The minimum Gasteiger partial charge on any atom is -0.381 e. The van der Waals surface area contributed by atoms with Crippen molar-refractivity contribution in [3.05, 3.63) is 29.6 Å². The van der Waals surface area contributed by atoms with Gasteiger partial charge in [0.15, 0.2) is 0 Å². The summed E-state index contributed by atoms with van der Waals surface area (Å²) >= 11 is 0. The van der Waals surface area contributed by atoms with E-state index in [0.29, 0.717) is 25.6 Å². The van der Waals surface area contributed by atoms with Crippen LogP contribution in [0.1, 0.15) is 43.6 Å². The summed E-state index contributed by atoms with van der Waals surface area (Å²) in [5.74, 6) is 0.596. The SMILES string of the molecule is CCOCCC(=O)N[C@@H](c1cccc(C)n1)C1CC1. The number of pyridine rings is 1. The maximum Gasteiger partial charge on any atom is 0.222 e. The Hall–Kier alpha value is -1.42. The van der Waals surface area contributed by atoms with Crippen molar-refractivity contribution in [2.45, 2.75) is 39.2 Å². The lowest BCUT2D eigenvalue weighted by Gasteiger charge is -2.18. The molecule has 1 aromatic rings. The fraction of sp³-hybridized carbons (Fsp3) is 0.600. The number of hydrogen-bond donors (Lipinski definition) is 1. The van der Waals surface area contributed by atoms with Crippen LogP contribution in [0.3, 0.4) is 0 Å². The largest absolute Gasteiger partial charge is 0.381 e. The van der Waals surface area contributed by atoms with Gasteiger partial charge in [-0.05, 0) is 44.7 Å². The van der Waals surface area contributed by atoms with Gasteiger partial charge in [0.1, 0.15) is 0 Å². The summed E-state index contributed by atoms with van der Waals surface area (Å²) in [6.45, 7) is 5.05. The zero-order valence-corrected chi connectivity index (χ0v) is 11.7. The normalized spacial score (nSPS) is 16.1. The first-order valence-corrected chi connectivity index (χ1v) is 7.01. The Balaban J connectivity index is 1.95. The van der Waals surface area contributed by atoms with Crippen LogP contribution in [0.4, 0.5) is 0 Å². The molecule has 0 saturated heterocycles. The van der Waals surface area contributed by atoms with E-state index in [9.17, 15) is 4.79 Å². The summed E-state index contributed by atoms with van der Waals surface area (Å²) in [5, 5.41) is 3.10. The van der Waals surface area contributed by atoms with Gasteiger partial charge in [-0.1, -0.05) is 6.07 Å². The fourth-order valence-corrected chi connectivity index (χ4v) is 2.15. The first-order valence-electron chi connectivity index (χ1n) is 7.01. The first kappa shape index (κ1) is 14.0. The number of nitrogens with one attached hydrogen (secondary N) is 1. The third-order valence-electron chi connectivity index (χ3n) is 3.32. The molecular formula is C15H22N2O2. The molecule has 19 heavy (non-hydrogen) atoms. The van der Waals surface area contributed by atoms with Crippen LogP contribution in [-0.2, 0) is 9.53 Å². The van der Waals surface area contributed by atoms with E-state index >= 15 is 0 Å². The highest BCUT2D eigenvalue weighted by Gasteiger charge is 2.34. The minimum atomic E-state index is 0.0497. The highest BCUT2D eigenvalue weighted by atomic mass is 16.5. The van der Waals surface area contributed by atoms with Crippen LogP contribution in [-0.4, -0.2) is 24.1 Å². The molecule has 4 heteroatoms. The Morgan fingerprint density at radius 1 is 1.53 bits per heavy atom. The quantitative estimate of drug-likeness (QED) is 0.768. The zero-order chi connectivity index (χ0) is 13.7. The molecule has 1 N–H and O–H groups in total. The predicted octanol–water partition coefficient (Wildman–Crippen LogP) is 2.38. The molecule has 1 heterocycles. The van der Waals surface area contributed by atoms with E-state index in [-0.39, 0.29) is 11.9 Å². The third-order valence-corrected chi connectivity index (χ3v) is 3.32. The number of carbonyl (C=O) groups excluding carboxylic acids is 1. The molecule has 0 spiro atoms. The molecule has 4 nitrogen and oxygen atoms in total. The topological polar surface area (TPSA) is 51.2 Å². The lowest BCUT2D eigenvalue weighted by atomic mass is 10.1. The molecule has 1 aliphatic rings. The predicted molar refractivity (Wildman–Crippen MR) is 73.7 cm³/mol. The molecule has 1 amide bonds. The molecule has 1 fully saturated rings. The van der Waals surface area contributed by atoms with Crippen molar-refractivity contribution in [1.82, 2.24) is 10.3 Å². The second-order valence-electron chi connectivity index (χ2n) is 5.03. The second kappa shape index (κ2) is 6.66. The van der Waals surface area contributed by atoms with Gasteiger partial charge in [-0.25, -0.2) is 0 Å². The van der Waals surface area contributed by atoms with E-state index < -0.39 is 0 Å². The molecule has 0 bridgehead atoms. The second-order valence-corrected chi connectivity index (χ2v) is 5.03. The summed E-state index contributed by atoms with van der Waals surface area (Å²) < 4.78 is 5.21. The Bertz CT molecular complexity index is 430. The first-order chi connectivity index (χ1) is 9.20. The van der Waals surface area contributed by atoms with E-state index in [2.05, 4.69) is 10.3 Å². The summed E-state index contributed by atoms with van der Waals surface area (Å²) in [7, 11) is 0. The van der Waals surface area contributed by atoms with Gasteiger partial charge in [-0.15, -0.1) is 0 Å². The average molecular weight is 262 g/mol. The van der Waals surface area contributed by atoms with Crippen molar-refractivity contribution in [2.24, 2.45) is 5.92 Å². The molecule has 0 aliphatic heterocycles. The number of amides is 1. The average Bonchev–Trinajstić information content (AvgIpc) is 3.20. The molecular weight excluding hydrogens is 240 g/mol. The number of ether oxygens (including phenoxy) is 1. The van der Waals surface area contributed by atoms with E-state index in [1.54, 1.807) is 0 Å². The molecule has 1 saturated carbocycles. The number of hydrogen-bond acceptors (Lipinski definition) is 3. The number of aryl methyl sites for hydroxylation is 1. The van der Waals surface area contributed by atoms with Crippen molar-refractivity contribution in [1.29, 1.82) is 0 Å². The standard InChI is InChI=1S/C15H22N2O2/c1-3-19-10-9-14(18)17-15(12-7-8-12)13-6-4-5-11(2)16-13/h4-6,12,15H,3,7-10H2,1-2H3,(H,17,18)/t15-/m1/s1. The van der Waals surface area contributed by atoms with E-state index in [4.69, 9.17) is 4.74 Å². The van der Waals surface area contributed by atoms with E-state index in [1.807, 2.05) is 32.0 Å². The van der Waals surface area contributed by atoms with Crippen LogP contribution in [0.2, 0.25) is 0 Å². The Kier molecular flexibility index (Phi) is 4.91. The monoisotopic (exact) mass is 262 g/mol. The molecule has 0 radical (unpaired) electrons. The molecule has 104 valence electrons. The summed E-state index contributed by atoms with van der Waals surface area (Å²) in [6.07, 6.45) is 2.76. The minimum absolute atomic E-state index is 0.0497. The van der Waals surface area contributed by atoms with Crippen LogP contribution >= 0.6 is 0 Å². The highest BCUT2D eigenvalue weighted by molar-refractivity contribution is 5.76. The van der Waals surface area contributed by atoms with Gasteiger partial charge in [-0.3, -0.25) is 9.78 Å². The molecule has 1 aliphatic carbocycles. The Morgan fingerprint density at radius 2 is 2.32 bits per heavy atom. The number of rotatable bonds is 7. The van der Waals surface area contributed by atoms with Gasteiger partial charge in [0.25, 0.3) is 0 Å². The number of carbonyl (C=O) groups is 1. The van der Waals surface area contributed by atoms with Crippen LogP contribution < -0.4 is 5.32 Å². The van der Waals surface area contributed by atoms with E-state index in [1.165, 1.54) is 12.8 Å². The molecule has 1 aromatic heterocycles. The maximum atomic E-state index is 11.9. The van der Waals surface area contributed by atoms with Crippen LogP contribution in [0.25, 0.3) is 0 Å². The third kappa shape index (κ3) is 4.31. The van der Waals surface area contributed by atoms with Gasteiger partial charge >= 0.3 is 0 Å². The lowest BCUT2D eigenvalue weighted by molar-refractivity contribution is -0.123. The zero-order valence-electron chi connectivity index (χ0n) is 11.7. The Labute approximate surface area is 114 Å². The van der Waals surface area contributed by atoms with Gasteiger partial charge < -0.3 is 10.1 Å². The van der Waals surface area contributed by atoms with Gasteiger partial charge in [0.2, 0.25) is 5.91 Å². The molecule has 1 atom stereocenters. The van der Waals surface area contributed by atoms with Crippen molar-refractivity contribution in [3.8, 4) is 0 Å².